The summed E-state index contributed by atoms with van der Waals surface area (Å²) in [7, 11) is 0. The molecule has 15 aromatic rings. The van der Waals surface area contributed by atoms with E-state index in [2.05, 4.69) is 214 Å². The van der Waals surface area contributed by atoms with Crippen LogP contribution in [0.4, 0.5) is 0 Å². The van der Waals surface area contributed by atoms with Crippen molar-refractivity contribution in [3.63, 3.8) is 0 Å². The second-order valence-corrected chi connectivity index (χ2v) is 18.0. The Labute approximate surface area is 400 Å². The summed E-state index contributed by atoms with van der Waals surface area (Å²) in [6, 6.07) is 81.4. The zero-order chi connectivity index (χ0) is 45.9. The van der Waals surface area contributed by atoms with E-state index in [1.165, 1.54) is 21.5 Å². The van der Waals surface area contributed by atoms with Gasteiger partial charge in [0.05, 0.1) is 22.1 Å². The number of imidazole rings is 1. The van der Waals surface area contributed by atoms with E-state index in [9.17, 15) is 0 Å². The predicted octanol–water partition coefficient (Wildman–Crippen LogP) is 16.1. The molecular formula is C63H38N6O. The van der Waals surface area contributed by atoms with Crippen molar-refractivity contribution in [1.82, 2.24) is 28.7 Å². The van der Waals surface area contributed by atoms with Crippen molar-refractivity contribution in [2.45, 2.75) is 0 Å². The summed E-state index contributed by atoms with van der Waals surface area (Å²) >= 11 is 0. The van der Waals surface area contributed by atoms with Crippen molar-refractivity contribution in [2.75, 3.05) is 0 Å². The molecule has 0 aliphatic carbocycles. The Kier molecular flexibility index (Phi) is 8.23. The smallest absolute Gasteiger partial charge is 0.237 e. The SMILES string of the molecule is c1ccc(-c2nc(-n3c4ccc(-c5ccc6c(c5)c5ccccc5n6-c5ccc6oc7ccccc7c6c5)cc4c4c5ccccc5ccc43)nc3c2nc(-c2ccccc2)n3-c2ccccc2)cc1. The predicted molar refractivity (Wildman–Crippen MR) is 286 cm³/mol. The van der Waals surface area contributed by atoms with Gasteiger partial charge in [0.25, 0.3) is 0 Å². The van der Waals surface area contributed by atoms with Gasteiger partial charge in [-0.3, -0.25) is 9.13 Å². The zero-order valence-electron chi connectivity index (χ0n) is 37.5. The van der Waals surface area contributed by atoms with Gasteiger partial charge in [-0.15, -0.1) is 0 Å². The molecule has 0 saturated heterocycles. The monoisotopic (exact) mass is 894 g/mol. The Balaban J connectivity index is 0.964. The molecule has 15 rings (SSSR count). The van der Waals surface area contributed by atoms with Gasteiger partial charge in [0.15, 0.2) is 5.65 Å². The molecule has 0 unspecified atom stereocenters. The van der Waals surface area contributed by atoms with E-state index in [0.717, 1.165) is 111 Å². The molecule has 0 bridgehead atoms. The van der Waals surface area contributed by atoms with Gasteiger partial charge in [-0.25, -0.2) is 9.97 Å². The first-order valence-corrected chi connectivity index (χ1v) is 23.6. The van der Waals surface area contributed by atoms with Crippen LogP contribution < -0.4 is 0 Å². The largest absolute Gasteiger partial charge is 0.456 e. The van der Waals surface area contributed by atoms with E-state index in [-0.39, 0.29) is 0 Å². The minimum absolute atomic E-state index is 0.571. The van der Waals surface area contributed by atoms with Crippen molar-refractivity contribution in [3.05, 3.63) is 231 Å². The van der Waals surface area contributed by atoms with Gasteiger partial charge in [0.2, 0.25) is 5.95 Å². The third-order valence-electron chi connectivity index (χ3n) is 14.1. The Bertz CT molecular complexity index is 4580. The topological polar surface area (TPSA) is 66.6 Å². The number of para-hydroxylation sites is 3. The van der Waals surface area contributed by atoms with Crippen LogP contribution in [0, 0.1) is 0 Å². The van der Waals surface area contributed by atoms with Crippen molar-refractivity contribution < 1.29 is 4.42 Å². The molecule has 5 aromatic heterocycles. The number of benzene rings is 10. The summed E-state index contributed by atoms with van der Waals surface area (Å²) in [5.41, 5.74) is 14.6. The molecule has 0 amide bonds. The van der Waals surface area contributed by atoms with Crippen LogP contribution in [-0.4, -0.2) is 28.7 Å². The highest BCUT2D eigenvalue weighted by molar-refractivity contribution is 6.22. The second-order valence-electron chi connectivity index (χ2n) is 18.0. The zero-order valence-corrected chi connectivity index (χ0v) is 37.5. The third kappa shape index (κ3) is 5.72. The molecule has 0 saturated carbocycles. The highest BCUT2D eigenvalue weighted by Gasteiger charge is 2.25. The number of aromatic nitrogens is 6. The van der Waals surface area contributed by atoms with E-state index in [1.54, 1.807) is 0 Å². The molecule has 326 valence electrons. The number of fused-ring (bicyclic) bond motifs is 12. The Hall–Kier alpha value is -9.59. The van der Waals surface area contributed by atoms with Crippen molar-refractivity contribution in [3.8, 4) is 51.1 Å². The van der Waals surface area contributed by atoms with E-state index in [4.69, 9.17) is 19.4 Å². The standard InChI is InChI=1S/C63H38N6O/c1-4-17-40(18-5-1)59-60-62(68(44-21-8-3-9-22-44)61(64-60)41-19-6-2-7-20-41)66-63(65-59)69-54-33-30-43(37-51(54)58-46-23-11-10-16-39(46)28-34-55(58)69)42-29-32-53-49(36-42)47-24-12-14-26-52(47)67(53)45-31-35-57-50(38-45)48-25-13-15-27-56(48)70-57/h1-38H. The first kappa shape index (κ1) is 38.5. The molecule has 70 heavy (non-hydrogen) atoms. The average Bonchev–Trinajstić information content (AvgIpc) is 4.19. The van der Waals surface area contributed by atoms with E-state index >= 15 is 0 Å². The Morgan fingerprint density at radius 1 is 0.329 bits per heavy atom. The lowest BCUT2D eigenvalue weighted by Gasteiger charge is -2.12. The first-order chi connectivity index (χ1) is 34.7. The number of nitrogens with zero attached hydrogens (tertiary/aromatic N) is 6. The first-order valence-electron chi connectivity index (χ1n) is 23.6. The quantitative estimate of drug-likeness (QED) is 0.167. The third-order valence-corrected chi connectivity index (χ3v) is 14.1. The maximum absolute atomic E-state index is 6.23. The van der Waals surface area contributed by atoms with E-state index in [1.807, 2.05) is 30.3 Å². The van der Waals surface area contributed by atoms with Crippen LogP contribution in [0.15, 0.2) is 235 Å². The van der Waals surface area contributed by atoms with E-state index < -0.39 is 0 Å². The highest BCUT2D eigenvalue weighted by atomic mass is 16.3. The van der Waals surface area contributed by atoms with Crippen LogP contribution in [0.25, 0.3) is 139 Å². The minimum Gasteiger partial charge on any atom is -0.456 e. The molecule has 0 aliphatic heterocycles. The Morgan fingerprint density at radius 2 is 0.943 bits per heavy atom. The lowest BCUT2D eigenvalue weighted by atomic mass is 9.99. The fourth-order valence-corrected chi connectivity index (χ4v) is 10.9. The summed E-state index contributed by atoms with van der Waals surface area (Å²) in [6.07, 6.45) is 0. The van der Waals surface area contributed by atoms with Crippen LogP contribution in [0.3, 0.4) is 0 Å². The summed E-state index contributed by atoms with van der Waals surface area (Å²) in [5, 5.41) is 9.24. The van der Waals surface area contributed by atoms with Gasteiger partial charge in [-0.2, -0.15) is 4.98 Å². The lowest BCUT2D eigenvalue weighted by Crippen LogP contribution is -2.05. The highest BCUT2D eigenvalue weighted by Crippen LogP contribution is 2.42. The molecule has 0 fully saturated rings. The molecule has 0 aliphatic rings. The maximum atomic E-state index is 6.23. The van der Waals surface area contributed by atoms with Crippen LogP contribution in [0.2, 0.25) is 0 Å². The van der Waals surface area contributed by atoms with Crippen molar-refractivity contribution in [2.24, 2.45) is 0 Å². The number of hydrogen-bond donors (Lipinski definition) is 0. The summed E-state index contributed by atoms with van der Waals surface area (Å²) in [5.74, 6) is 1.37. The number of hydrogen-bond acceptors (Lipinski definition) is 4. The minimum atomic E-state index is 0.571. The molecule has 0 atom stereocenters. The molecule has 0 radical (unpaired) electrons. The molecule has 10 aromatic carbocycles. The van der Waals surface area contributed by atoms with Gasteiger partial charge in [0, 0.05) is 54.8 Å². The van der Waals surface area contributed by atoms with Crippen molar-refractivity contribution >= 4 is 87.5 Å². The molecule has 0 N–H and O–H groups in total. The van der Waals surface area contributed by atoms with Crippen LogP contribution in [0.5, 0.6) is 0 Å². The van der Waals surface area contributed by atoms with Gasteiger partial charge in [-0.1, -0.05) is 158 Å². The van der Waals surface area contributed by atoms with E-state index in [0.29, 0.717) is 5.95 Å². The molecule has 5 heterocycles. The molecule has 7 nitrogen and oxygen atoms in total. The lowest BCUT2D eigenvalue weighted by molar-refractivity contribution is 0.669. The van der Waals surface area contributed by atoms with Gasteiger partial charge in [-0.05, 0) is 94.7 Å². The van der Waals surface area contributed by atoms with Gasteiger partial charge >= 0.3 is 0 Å². The average molecular weight is 895 g/mol. The molecule has 7 heteroatoms. The van der Waals surface area contributed by atoms with Crippen LogP contribution in [-0.2, 0) is 0 Å². The number of furan rings is 1. The fourth-order valence-electron chi connectivity index (χ4n) is 10.9. The summed E-state index contributed by atoms with van der Waals surface area (Å²) in [4.78, 5) is 16.4. The fraction of sp³-hybridized carbons (Fsp3) is 0. The van der Waals surface area contributed by atoms with Gasteiger partial charge < -0.3 is 8.98 Å². The summed E-state index contributed by atoms with van der Waals surface area (Å²) < 4.78 is 13.0. The Morgan fingerprint density at radius 3 is 1.74 bits per heavy atom. The second kappa shape index (κ2) is 15.0. The molecule has 0 spiro atoms. The molecular weight excluding hydrogens is 857 g/mol. The van der Waals surface area contributed by atoms with Crippen molar-refractivity contribution in [1.29, 1.82) is 0 Å². The van der Waals surface area contributed by atoms with Crippen LogP contribution >= 0.6 is 0 Å². The number of rotatable bonds is 6. The van der Waals surface area contributed by atoms with Gasteiger partial charge in [0.1, 0.15) is 28.2 Å². The maximum Gasteiger partial charge on any atom is 0.237 e. The normalized spacial score (nSPS) is 12.0. The van der Waals surface area contributed by atoms with Crippen LogP contribution in [0.1, 0.15) is 0 Å². The summed E-state index contributed by atoms with van der Waals surface area (Å²) in [6.45, 7) is 0.